The predicted molar refractivity (Wildman–Crippen MR) is 153 cm³/mol. The molecule has 194 valence electrons. The van der Waals surface area contributed by atoms with E-state index in [2.05, 4.69) is 20.9 Å². The van der Waals surface area contributed by atoms with Crippen LogP contribution in [-0.2, 0) is 9.53 Å². The second-order valence-corrected chi connectivity index (χ2v) is 10.9. The van der Waals surface area contributed by atoms with Crippen LogP contribution in [0.5, 0.6) is 0 Å². The van der Waals surface area contributed by atoms with E-state index in [0.29, 0.717) is 32.1 Å². The van der Waals surface area contributed by atoms with Crippen molar-refractivity contribution in [2.24, 2.45) is 4.99 Å². The van der Waals surface area contributed by atoms with Gasteiger partial charge in [0.15, 0.2) is 4.80 Å². The molecule has 1 aliphatic heterocycles. The Hall–Kier alpha value is -3.69. The number of hydrogen-bond acceptors (Lipinski definition) is 7. The average molecular weight is 593 g/mol. The summed E-state index contributed by atoms with van der Waals surface area (Å²) in [6, 6.07) is 18.7. The maximum Gasteiger partial charge on any atom is 0.338 e. The first-order valence-corrected chi connectivity index (χ1v) is 13.7. The number of nitrogens with zero attached hydrogens (tertiary/aromatic N) is 3. The highest BCUT2D eigenvalue weighted by molar-refractivity contribution is 9.10. The second kappa shape index (κ2) is 10.6. The van der Waals surface area contributed by atoms with Crippen molar-refractivity contribution < 1.29 is 13.9 Å². The van der Waals surface area contributed by atoms with E-state index in [0.717, 1.165) is 21.3 Å². The molecule has 0 amide bonds. The third-order valence-corrected chi connectivity index (χ3v) is 7.78. The van der Waals surface area contributed by atoms with Gasteiger partial charge in [0, 0.05) is 35.9 Å². The zero-order chi connectivity index (χ0) is 27.0. The first kappa shape index (κ1) is 25.9. The lowest BCUT2D eigenvalue weighted by Crippen LogP contribution is -2.39. The van der Waals surface area contributed by atoms with Crippen LogP contribution in [0.3, 0.4) is 0 Å². The van der Waals surface area contributed by atoms with Crippen LogP contribution in [0.4, 0.5) is 5.69 Å². The van der Waals surface area contributed by atoms with Crippen LogP contribution in [0.25, 0.3) is 17.4 Å². The molecule has 38 heavy (non-hydrogen) atoms. The highest BCUT2D eigenvalue weighted by atomic mass is 79.9. The van der Waals surface area contributed by atoms with Gasteiger partial charge in [-0.05, 0) is 55.8 Å². The Morgan fingerprint density at radius 1 is 1.13 bits per heavy atom. The fraction of sp³-hybridized carbons (Fsp3) is 0.207. The summed E-state index contributed by atoms with van der Waals surface area (Å²) in [5.74, 6) is 0.784. The molecule has 2 aromatic heterocycles. The Bertz CT molecular complexity index is 1710. The number of aromatic nitrogens is 1. The summed E-state index contributed by atoms with van der Waals surface area (Å²) in [6.07, 6.45) is 1.72. The van der Waals surface area contributed by atoms with Crippen LogP contribution in [0.1, 0.15) is 31.2 Å². The molecule has 5 rings (SSSR count). The number of allylic oxidation sites excluding steroid dienone is 1. The van der Waals surface area contributed by atoms with Gasteiger partial charge in [0.1, 0.15) is 11.5 Å². The number of anilines is 1. The molecular formula is C29H26BrN3O4S. The molecule has 0 fully saturated rings. The minimum absolute atomic E-state index is 0.228. The molecule has 0 radical (unpaired) electrons. The summed E-state index contributed by atoms with van der Waals surface area (Å²) in [7, 11) is 3.92. The van der Waals surface area contributed by atoms with Crippen LogP contribution in [0, 0.1) is 0 Å². The van der Waals surface area contributed by atoms with E-state index >= 15 is 0 Å². The molecule has 0 unspecified atom stereocenters. The van der Waals surface area contributed by atoms with Crippen molar-refractivity contribution in [3.63, 3.8) is 0 Å². The fourth-order valence-corrected chi connectivity index (χ4v) is 5.68. The van der Waals surface area contributed by atoms with E-state index in [1.807, 2.05) is 79.7 Å². The van der Waals surface area contributed by atoms with E-state index in [-0.39, 0.29) is 12.2 Å². The highest BCUT2D eigenvalue weighted by Crippen LogP contribution is 2.31. The lowest BCUT2D eigenvalue weighted by atomic mass is 9.95. The Kier molecular flexibility index (Phi) is 7.23. The van der Waals surface area contributed by atoms with Crippen molar-refractivity contribution in [2.75, 3.05) is 25.6 Å². The number of fused-ring (bicyclic) bond motifs is 1. The minimum atomic E-state index is -0.654. The van der Waals surface area contributed by atoms with Gasteiger partial charge in [-0.1, -0.05) is 51.5 Å². The van der Waals surface area contributed by atoms with Crippen LogP contribution in [-0.4, -0.2) is 31.2 Å². The number of ether oxygens (including phenoxy) is 1. The number of carbonyl (C=O) groups excluding carboxylic acids is 1. The molecule has 0 bridgehead atoms. The van der Waals surface area contributed by atoms with Crippen molar-refractivity contribution in [2.45, 2.75) is 19.9 Å². The van der Waals surface area contributed by atoms with Gasteiger partial charge in [-0.3, -0.25) is 9.36 Å². The molecule has 7 nitrogen and oxygen atoms in total. The quantitative estimate of drug-likeness (QED) is 0.298. The van der Waals surface area contributed by atoms with Crippen LogP contribution in [0.15, 0.2) is 90.6 Å². The van der Waals surface area contributed by atoms with Gasteiger partial charge in [0.05, 0.1) is 28.5 Å². The smallest absolute Gasteiger partial charge is 0.338 e. The third kappa shape index (κ3) is 4.91. The molecule has 3 heterocycles. The van der Waals surface area contributed by atoms with E-state index in [1.165, 1.54) is 11.3 Å². The molecule has 1 atom stereocenters. The maximum atomic E-state index is 13.8. The normalized spacial score (nSPS) is 15.3. The van der Waals surface area contributed by atoms with Crippen molar-refractivity contribution in [1.29, 1.82) is 0 Å². The van der Waals surface area contributed by atoms with Gasteiger partial charge in [-0.15, -0.1) is 0 Å². The maximum absolute atomic E-state index is 13.8. The average Bonchev–Trinajstić information content (AvgIpc) is 3.48. The molecule has 0 saturated carbocycles. The topological polar surface area (TPSA) is 77.0 Å². The SMILES string of the molecule is CCOC(=O)C1=C(C)N=c2s/c(=C/c3ccc(-c4ccc(Br)cc4)o3)c(=O)n2[C@H]1c1ccc(N(C)C)cc1. The molecule has 4 aromatic rings. The van der Waals surface area contributed by atoms with Gasteiger partial charge >= 0.3 is 5.97 Å². The van der Waals surface area contributed by atoms with Crippen LogP contribution < -0.4 is 19.8 Å². The van der Waals surface area contributed by atoms with Crippen molar-refractivity contribution >= 4 is 45.0 Å². The minimum Gasteiger partial charge on any atom is -0.463 e. The van der Waals surface area contributed by atoms with E-state index in [9.17, 15) is 9.59 Å². The lowest BCUT2D eigenvalue weighted by Gasteiger charge is -2.25. The zero-order valence-corrected chi connectivity index (χ0v) is 23.8. The number of halogens is 1. The van der Waals surface area contributed by atoms with Gasteiger partial charge < -0.3 is 14.1 Å². The number of hydrogen-bond donors (Lipinski definition) is 0. The van der Waals surface area contributed by atoms with Gasteiger partial charge in [0.25, 0.3) is 5.56 Å². The molecule has 0 spiro atoms. The number of esters is 1. The molecule has 0 saturated heterocycles. The van der Waals surface area contributed by atoms with Gasteiger partial charge in [-0.2, -0.15) is 0 Å². The Balaban J connectivity index is 1.62. The first-order valence-electron chi connectivity index (χ1n) is 12.1. The summed E-state index contributed by atoms with van der Waals surface area (Å²) in [6.45, 7) is 3.77. The predicted octanol–water partition coefficient (Wildman–Crippen LogP) is 4.89. The molecule has 9 heteroatoms. The summed E-state index contributed by atoms with van der Waals surface area (Å²) in [5.41, 5.74) is 3.40. The summed E-state index contributed by atoms with van der Waals surface area (Å²) in [5, 5.41) is 0. The fourth-order valence-electron chi connectivity index (χ4n) is 4.39. The van der Waals surface area contributed by atoms with Gasteiger partial charge in [-0.25, -0.2) is 9.79 Å². The molecule has 2 aromatic carbocycles. The van der Waals surface area contributed by atoms with Crippen molar-refractivity contribution in [3.05, 3.63) is 107 Å². The number of furan rings is 1. The second-order valence-electron chi connectivity index (χ2n) is 9.00. The van der Waals surface area contributed by atoms with Crippen LogP contribution in [0.2, 0.25) is 0 Å². The Labute approximate surface area is 232 Å². The monoisotopic (exact) mass is 591 g/mol. The van der Waals surface area contributed by atoms with E-state index in [1.54, 1.807) is 24.5 Å². The zero-order valence-electron chi connectivity index (χ0n) is 21.4. The number of carbonyl (C=O) groups is 1. The largest absolute Gasteiger partial charge is 0.463 e. The third-order valence-electron chi connectivity index (χ3n) is 6.27. The highest BCUT2D eigenvalue weighted by Gasteiger charge is 2.33. The number of rotatable bonds is 6. The summed E-state index contributed by atoms with van der Waals surface area (Å²) >= 11 is 4.71. The molecule has 0 N–H and O–H groups in total. The van der Waals surface area contributed by atoms with Crippen molar-refractivity contribution in [3.8, 4) is 11.3 Å². The van der Waals surface area contributed by atoms with E-state index < -0.39 is 12.0 Å². The number of benzene rings is 2. The molecule has 0 aliphatic carbocycles. The number of thiazole rings is 1. The molecular weight excluding hydrogens is 566 g/mol. The first-order chi connectivity index (χ1) is 18.3. The standard InChI is InChI=1S/C29H26BrN3O4S/c1-5-36-28(35)25-17(2)31-29-33(26(25)19-8-12-21(13-9-19)32(3)4)27(34)24(38-29)16-22-14-15-23(37-22)18-6-10-20(30)11-7-18/h6-16,26H,5H2,1-4H3/b24-16+/t26-/m0/s1. The van der Waals surface area contributed by atoms with Crippen molar-refractivity contribution in [1.82, 2.24) is 4.57 Å². The van der Waals surface area contributed by atoms with Gasteiger partial charge in [0.2, 0.25) is 0 Å². The lowest BCUT2D eigenvalue weighted by molar-refractivity contribution is -0.139. The molecule has 1 aliphatic rings. The van der Waals surface area contributed by atoms with Crippen LogP contribution >= 0.6 is 27.3 Å². The van der Waals surface area contributed by atoms with E-state index in [4.69, 9.17) is 9.15 Å². The Morgan fingerprint density at radius 2 is 1.84 bits per heavy atom. The summed E-state index contributed by atoms with van der Waals surface area (Å²) < 4.78 is 14.4. The summed E-state index contributed by atoms with van der Waals surface area (Å²) in [4.78, 5) is 34.0. The Morgan fingerprint density at radius 3 is 2.50 bits per heavy atom.